The maximum Gasteiger partial charge on any atom is 0.416 e. The van der Waals surface area contributed by atoms with Crippen LogP contribution in [0.2, 0.25) is 0 Å². The van der Waals surface area contributed by atoms with Crippen molar-refractivity contribution < 1.29 is 13.2 Å². The first-order chi connectivity index (χ1) is 11.6. The quantitative estimate of drug-likeness (QED) is 0.821. The lowest BCUT2D eigenvalue weighted by Gasteiger charge is -2.19. The third-order valence-corrected chi connectivity index (χ3v) is 4.33. The summed E-state index contributed by atoms with van der Waals surface area (Å²) in [6.45, 7) is 0.631. The van der Waals surface area contributed by atoms with Crippen molar-refractivity contribution in [3.05, 3.63) is 56.2 Å². The van der Waals surface area contributed by atoms with Crippen molar-refractivity contribution >= 4 is 11.5 Å². The fraction of sp³-hybridized carbons (Fsp3) is 0.375. The molecule has 1 aliphatic heterocycles. The Morgan fingerprint density at radius 1 is 1.00 bits per heavy atom. The Kier molecular flexibility index (Phi) is 3.89. The molecule has 0 N–H and O–H groups in total. The van der Waals surface area contributed by atoms with Crippen molar-refractivity contribution in [2.45, 2.75) is 12.7 Å². The predicted molar refractivity (Wildman–Crippen MR) is 87.8 cm³/mol. The van der Waals surface area contributed by atoms with E-state index in [2.05, 4.69) is 0 Å². The largest absolute Gasteiger partial charge is 0.416 e. The number of aromatic nitrogens is 2. The number of anilines is 2. The van der Waals surface area contributed by atoms with E-state index in [-0.39, 0.29) is 6.54 Å². The minimum absolute atomic E-state index is 0.267. The lowest BCUT2D eigenvalue weighted by molar-refractivity contribution is -0.137. The monoisotopic (exact) mass is 354 g/mol. The molecular weight excluding hydrogens is 337 g/mol. The van der Waals surface area contributed by atoms with Gasteiger partial charge in [-0.05, 0) is 17.7 Å². The zero-order valence-corrected chi connectivity index (χ0v) is 14.0. The number of alkyl halides is 3. The number of fused-ring (bicyclic) bond motifs is 1. The van der Waals surface area contributed by atoms with E-state index in [9.17, 15) is 22.8 Å². The van der Waals surface area contributed by atoms with E-state index in [1.165, 1.54) is 23.7 Å². The second-order valence-electron chi connectivity index (χ2n) is 6.11. The van der Waals surface area contributed by atoms with Crippen molar-refractivity contribution in [3.8, 4) is 0 Å². The summed E-state index contributed by atoms with van der Waals surface area (Å²) < 4.78 is 40.4. The molecular formula is C16H17F3N4O2. The summed E-state index contributed by atoms with van der Waals surface area (Å²) in [6.07, 6.45) is -4.38. The van der Waals surface area contributed by atoms with E-state index in [0.717, 1.165) is 16.7 Å². The van der Waals surface area contributed by atoms with Crippen LogP contribution in [0.15, 0.2) is 33.9 Å². The van der Waals surface area contributed by atoms with Gasteiger partial charge >= 0.3 is 11.9 Å². The summed E-state index contributed by atoms with van der Waals surface area (Å²) in [7, 11) is 4.74. The van der Waals surface area contributed by atoms with Gasteiger partial charge in [-0.15, -0.1) is 0 Å². The smallest absolute Gasteiger partial charge is 0.342 e. The molecule has 3 rings (SSSR count). The van der Waals surface area contributed by atoms with E-state index in [1.54, 1.807) is 23.9 Å². The Bertz CT molecular complexity index is 929. The Morgan fingerprint density at radius 3 is 2.16 bits per heavy atom. The number of benzene rings is 1. The first-order valence-electron chi connectivity index (χ1n) is 7.53. The third kappa shape index (κ3) is 2.79. The number of nitrogens with zero attached hydrogens (tertiary/aromatic N) is 4. The molecule has 0 radical (unpaired) electrons. The van der Waals surface area contributed by atoms with Gasteiger partial charge in [0.05, 0.1) is 12.2 Å². The molecule has 0 atom stereocenters. The fourth-order valence-corrected chi connectivity index (χ4v) is 3.07. The van der Waals surface area contributed by atoms with E-state index < -0.39 is 23.0 Å². The molecule has 2 heterocycles. The molecule has 0 amide bonds. The third-order valence-electron chi connectivity index (χ3n) is 4.33. The number of rotatable bonds is 2. The van der Waals surface area contributed by atoms with Gasteiger partial charge in [-0.25, -0.2) is 4.79 Å². The van der Waals surface area contributed by atoms with Crippen LogP contribution >= 0.6 is 0 Å². The molecule has 0 fully saturated rings. The van der Waals surface area contributed by atoms with Crippen molar-refractivity contribution in [3.63, 3.8) is 0 Å². The minimum atomic E-state index is -4.38. The first-order valence-corrected chi connectivity index (χ1v) is 7.53. The van der Waals surface area contributed by atoms with Crippen LogP contribution in [0.1, 0.15) is 11.1 Å². The molecule has 1 aromatic carbocycles. The average molecular weight is 354 g/mol. The van der Waals surface area contributed by atoms with E-state index in [4.69, 9.17) is 0 Å². The van der Waals surface area contributed by atoms with E-state index in [1.807, 2.05) is 0 Å². The van der Waals surface area contributed by atoms with Crippen LogP contribution in [0.3, 0.4) is 0 Å². The van der Waals surface area contributed by atoms with Crippen LogP contribution in [0.5, 0.6) is 0 Å². The highest BCUT2D eigenvalue weighted by molar-refractivity contribution is 5.71. The highest BCUT2D eigenvalue weighted by Gasteiger charge is 2.32. The second kappa shape index (κ2) is 5.68. The molecule has 0 aliphatic carbocycles. The van der Waals surface area contributed by atoms with Gasteiger partial charge < -0.3 is 9.80 Å². The summed E-state index contributed by atoms with van der Waals surface area (Å²) >= 11 is 0. The maximum absolute atomic E-state index is 12.7. The van der Waals surface area contributed by atoms with Crippen LogP contribution in [0.4, 0.5) is 24.7 Å². The normalized spacial score (nSPS) is 14.2. The summed E-state index contributed by atoms with van der Waals surface area (Å²) in [5, 5.41) is 0. The van der Waals surface area contributed by atoms with Crippen LogP contribution < -0.4 is 21.0 Å². The van der Waals surface area contributed by atoms with Gasteiger partial charge in [0, 0.05) is 27.7 Å². The molecule has 0 saturated heterocycles. The lowest BCUT2D eigenvalue weighted by atomic mass is 10.1. The number of hydrogen-bond donors (Lipinski definition) is 0. The van der Waals surface area contributed by atoms with Gasteiger partial charge in [0.25, 0.3) is 5.56 Å². The molecule has 134 valence electrons. The molecule has 0 unspecified atom stereocenters. The summed E-state index contributed by atoms with van der Waals surface area (Å²) in [4.78, 5) is 28.1. The first kappa shape index (κ1) is 17.1. The Balaban J connectivity index is 1.98. The Hall–Kier alpha value is -2.71. The van der Waals surface area contributed by atoms with Gasteiger partial charge in [-0.3, -0.25) is 13.9 Å². The zero-order chi connectivity index (χ0) is 18.5. The molecule has 0 saturated carbocycles. The fourth-order valence-electron chi connectivity index (χ4n) is 3.07. The minimum Gasteiger partial charge on any atom is -0.342 e. The molecule has 2 aromatic rings. The van der Waals surface area contributed by atoms with Crippen molar-refractivity contribution in [2.75, 3.05) is 23.5 Å². The summed E-state index contributed by atoms with van der Waals surface area (Å²) in [6, 6.07) is 4.84. The molecule has 1 aliphatic rings. The van der Waals surface area contributed by atoms with Gasteiger partial charge in [0.1, 0.15) is 11.5 Å². The standard InChI is InChI=1S/C16H17F3N4O2/c1-20-9-23(8-10-4-6-11(7-5-10)16(17,18)19)12-13(20)21(2)15(25)22(3)14(12)24/h4-7H,8-9H2,1-3H3. The highest BCUT2D eigenvalue weighted by Crippen LogP contribution is 2.32. The van der Waals surface area contributed by atoms with E-state index >= 15 is 0 Å². The second-order valence-corrected chi connectivity index (χ2v) is 6.11. The van der Waals surface area contributed by atoms with Gasteiger partial charge in [0.2, 0.25) is 0 Å². The molecule has 6 nitrogen and oxygen atoms in total. The number of hydrogen-bond acceptors (Lipinski definition) is 4. The van der Waals surface area contributed by atoms with Crippen LogP contribution in [0, 0.1) is 0 Å². The molecule has 1 aromatic heterocycles. The molecule has 25 heavy (non-hydrogen) atoms. The Morgan fingerprint density at radius 2 is 1.60 bits per heavy atom. The van der Waals surface area contributed by atoms with E-state index in [0.29, 0.717) is 23.7 Å². The number of halogens is 3. The highest BCUT2D eigenvalue weighted by atomic mass is 19.4. The van der Waals surface area contributed by atoms with Crippen LogP contribution in [-0.4, -0.2) is 22.9 Å². The molecule has 0 bridgehead atoms. The molecule has 0 spiro atoms. The topological polar surface area (TPSA) is 50.5 Å². The van der Waals surface area contributed by atoms with Gasteiger partial charge in [-0.2, -0.15) is 13.2 Å². The summed E-state index contributed by atoms with van der Waals surface area (Å²) in [5.41, 5.74) is -0.549. The zero-order valence-electron chi connectivity index (χ0n) is 14.0. The predicted octanol–water partition coefficient (Wildman–Crippen LogP) is 1.52. The van der Waals surface area contributed by atoms with Gasteiger partial charge in [0.15, 0.2) is 0 Å². The molecule has 9 heteroatoms. The van der Waals surface area contributed by atoms with Crippen molar-refractivity contribution in [1.82, 2.24) is 9.13 Å². The van der Waals surface area contributed by atoms with Crippen LogP contribution in [-0.2, 0) is 26.8 Å². The van der Waals surface area contributed by atoms with Crippen molar-refractivity contribution in [2.24, 2.45) is 14.1 Å². The lowest BCUT2D eigenvalue weighted by Crippen LogP contribution is -2.39. The average Bonchev–Trinajstić information content (AvgIpc) is 2.86. The van der Waals surface area contributed by atoms with Crippen LogP contribution in [0.25, 0.3) is 0 Å². The van der Waals surface area contributed by atoms with Gasteiger partial charge in [-0.1, -0.05) is 12.1 Å². The maximum atomic E-state index is 12.7. The Labute approximate surface area is 141 Å². The summed E-state index contributed by atoms with van der Waals surface area (Å²) in [5.74, 6) is 0.500. The SMILES string of the molecule is CN1CN(Cc2ccc(C(F)(F)F)cc2)c2c1n(C)c(=O)n(C)c2=O. The van der Waals surface area contributed by atoms with Crippen molar-refractivity contribution in [1.29, 1.82) is 0 Å².